The van der Waals surface area contributed by atoms with Gasteiger partial charge in [0.15, 0.2) is 0 Å². The standard InChI is InChI=1S/C15H11N3O4/c1-17-13-8-3-2-7-12(13)16-15(17)22-14(19)10-5-4-6-11(9-10)18(20)21/h2-9H,1H3. The molecule has 0 fully saturated rings. The van der Waals surface area contributed by atoms with Gasteiger partial charge in [-0.15, -0.1) is 0 Å². The van der Waals surface area contributed by atoms with Crippen molar-refractivity contribution in [1.82, 2.24) is 9.55 Å². The SMILES string of the molecule is Cn1c(OC(=O)c2cccc([N+](=O)[O-])c2)nc2ccccc21. The number of carbonyl (C=O) groups excluding carboxylic acids is 1. The van der Waals surface area contributed by atoms with E-state index in [1.807, 2.05) is 18.2 Å². The first-order chi connectivity index (χ1) is 10.6. The number of para-hydroxylation sites is 2. The molecule has 0 unspecified atom stereocenters. The first-order valence-electron chi connectivity index (χ1n) is 6.44. The van der Waals surface area contributed by atoms with Gasteiger partial charge in [-0.2, -0.15) is 4.98 Å². The van der Waals surface area contributed by atoms with E-state index in [0.29, 0.717) is 5.52 Å². The van der Waals surface area contributed by atoms with E-state index in [9.17, 15) is 14.9 Å². The van der Waals surface area contributed by atoms with Gasteiger partial charge >= 0.3 is 12.0 Å². The maximum Gasteiger partial charge on any atom is 0.346 e. The summed E-state index contributed by atoms with van der Waals surface area (Å²) in [7, 11) is 1.73. The van der Waals surface area contributed by atoms with Crippen LogP contribution in [0.4, 0.5) is 5.69 Å². The van der Waals surface area contributed by atoms with Crippen LogP contribution in [0.5, 0.6) is 6.01 Å². The number of fused-ring (bicyclic) bond motifs is 1. The van der Waals surface area contributed by atoms with Crippen molar-refractivity contribution in [3.8, 4) is 6.01 Å². The fourth-order valence-corrected chi connectivity index (χ4v) is 2.10. The minimum atomic E-state index is -0.692. The number of ether oxygens (including phenoxy) is 1. The van der Waals surface area contributed by atoms with Gasteiger partial charge in [-0.05, 0) is 18.2 Å². The lowest BCUT2D eigenvalue weighted by molar-refractivity contribution is -0.384. The molecule has 3 aromatic rings. The summed E-state index contributed by atoms with van der Waals surface area (Å²) in [5, 5.41) is 10.7. The normalized spacial score (nSPS) is 10.6. The van der Waals surface area contributed by atoms with Gasteiger partial charge in [0.05, 0.1) is 21.5 Å². The number of hydrogen-bond donors (Lipinski definition) is 0. The van der Waals surface area contributed by atoms with Crippen LogP contribution in [-0.4, -0.2) is 20.4 Å². The van der Waals surface area contributed by atoms with Gasteiger partial charge < -0.3 is 4.74 Å². The molecule has 0 saturated heterocycles. The fraction of sp³-hybridized carbons (Fsp3) is 0.0667. The molecule has 0 saturated carbocycles. The third kappa shape index (κ3) is 2.39. The van der Waals surface area contributed by atoms with Crippen molar-refractivity contribution in [2.75, 3.05) is 0 Å². The van der Waals surface area contributed by atoms with Gasteiger partial charge in [0.2, 0.25) is 0 Å². The molecule has 0 aliphatic carbocycles. The molecule has 3 rings (SSSR count). The van der Waals surface area contributed by atoms with E-state index < -0.39 is 10.9 Å². The first-order valence-corrected chi connectivity index (χ1v) is 6.44. The number of hydrogen-bond acceptors (Lipinski definition) is 5. The molecule has 1 aromatic heterocycles. The molecule has 0 aliphatic rings. The number of aryl methyl sites for hydroxylation is 1. The van der Waals surface area contributed by atoms with Crippen LogP contribution in [-0.2, 0) is 7.05 Å². The van der Waals surface area contributed by atoms with E-state index in [1.165, 1.54) is 24.3 Å². The van der Waals surface area contributed by atoms with Crippen LogP contribution in [0.25, 0.3) is 11.0 Å². The van der Waals surface area contributed by atoms with Gasteiger partial charge in [0.25, 0.3) is 5.69 Å². The lowest BCUT2D eigenvalue weighted by Crippen LogP contribution is -2.11. The average Bonchev–Trinajstić information content (AvgIpc) is 2.84. The number of aromatic nitrogens is 2. The molecule has 0 aliphatic heterocycles. The molecule has 110 valence electrons. The summed E-state index contributed by atoms with van der Waals surface area (Å²) in [6, 6.07) is 12.9. The Morgan fingerprint density at radius 1 is 1.23 bits per heavy atom. The quantitative estimate of drug-likeness (QED) is 0.421. The summed E-state index contributed by atoms with van der Waals surface area (Å²) in [5.74, 6) is -0.692. The number of non-ortho nitro benzene ring substituents is 1. The second-order valence-corrected chi connectivity index (χ2v) is 4.64. The summed E-state index contributed by atoms with van der Waals surface area (Å²) < 4.78 is 6.88. The van der Waals surface area contributed by atoms with Gasteiger partial charge in [-0.25, -0.2) is 4.79 Å². The lowest BCUT2D eigenvalue weighted by atomic mass is 10.2. The molecular weight excluding hydrogens is 286 g/mol. The maximum atomic E-state index is 12.1. The van der Waals surface area contributed by atoms with E-state index in [-0.39, 0.29) is 17.3 Å². The lowest BCUT2D eigenvalue weighted by Gasteiger charge is -2.03. The van der Waals surface area contributed by atoms with Crippen LogP contribution in [0.15, 0.2) is 48.5 Å². The molecule has 0 spiro atoms. The summed E-state index contributed by atoms with van der Waals surface area (Å²) in [6.07, 6.45) is 0. The van der Waals surface area contributed by atoms with Crippen LogP contribution in [0.3, 0.4) is 0 Å². The molecule has 1 heterocycles. The van der Waals surface area contributed by atoms with Gasteiger partial charge in [0, 0.05) is 19.2 Å². The molecule has 0 radical (unpaired) electrons. The Labute approximate surface area is 124 Å². The van der Waals surface area contributed by atoms with Crippen molar-refractivity contribution in [2.45, 2.75) is 0 Å². The zero-order valence-corrected chi connectivity index (χ0v) is 11.6. The summed E-state index contributed by atoms with van der Waals surface area (Å²) in [6.45, 7) is 0. The average molecular weight is 297 g/mol. The molecule has 7 heteroatoms. The molecule has 7 nitrogen and oxygen atoms in total. The summed E-state index contributed by atoms with van der Waals surface area (Å²) in [4.78, 5) is 26.5. The van der Waals surface area contributed by atoms with Crippen molar-refractivity contribution < 1.29 is 14.5 Å². The second-order valence-electron chi connectivity index (χ2n) is 4.64. The monoisotopic (exact) mass is 297 g/mol. The van der Waals surface area contributed by atoms with Crippen molar-refractivity contribution in [3.05, 3.63) is 64.2 Å². The molecule has 0 bridgehead atoms. The first kappa shape index (κ1) is 13.7. The maximum absolute atomic E-state index is 12.1. The number of nitro groups is 1. The minimum Gasteiger partial charge on any atom is -0.388 e. The second kappa shape index (κ2) is 5.28. The van der Waals surface area contributed by atoms with E-state index >= 15 is 0 Å². The smallest absolute Gasteiger partial charge is 0.346 e. The van der Waals surface area contributed by atoms with Crippen molar-refractivity contribution in [1.29, 1.82) is 0 Å². The third-order valence-electron chi connectivity index (χ3n) is 3.22. The highest BCUT2D eigenvalue weighted by atomic mass is 16.6. The Morgan fingerprint density at radius 2 is 2.00 bits per heavy atom. The highest BCUT2D eigenvalue weighted by Gasteiger charge is 2.16. The Morgan fingerprint density at radius 3 is 2.73 bits per heavy atom. The molecule has 0 amide bonds. The van der Waals surface area contributed by atoms with E-state index in [1.54, 1.807) is 17.7 Å². The molecule has 0 atom stereocenters. The number of benzene rings is 2. The van der Waals surface area contributed by atoms with Gasteiger partial charge in [-0.3, -0.25) is 14.7 Å². The van der Waals surface area contributed by atoms with Crippen LogP contribution in [0, 0.1) is 10.1 Å². The van der Waals surface area contributed by atoms with Gasteiger partial charge in [0.1, 0.15) is 0 Å². The predicted molar refractivity (Wildman–Crippen MR) is 78.8 cm³/mol. The van der Waals surface area contributed by atoms with Crippen molar-refractivity contribution >= 4 is 22.7 Å². The highest BCUT2D eigenvalue weighted by molar-refractivity contribution is 5.91. The predicted octanol–water partition coefficient (Wildman–Crippen LogP) is 2.70. The minimum absolute atomic E-state index is 0.0984. The van der Waals surface area contributed by atoms with E-state index in [0.717, 1.165) is 5.52 Å². The Bertz CT molecular complexity index is 885. The van der Waals surface area contributed by atoms with Crippen LogP contribution >= 0.6 is 0 Å². The number of imidazole rings is 1. The zero-order chi connectivity index (χ0) is 15.7. The Hall–Kier alpha value is -3.22. The largest absolute Gasteiger partial charge is 0.388 e. The van der Waals surface area contributed by atoms with Crippen LogP contribution < -0.4 is 4.74 Å². The van der Waals surface area contributed by atoms with E-state index in [2.05, 4.69) is 4.98 Å². The van der Waals surface area contributed by atoms with Crippen molar-refractivity contribution in [3.63, 3.8) is 0 Å². The molecule has 2 aromatic carbocycles. The van der Waals surface area contributed by atoms with Crippen molar-refractivity contribution in [2.24, 2.45) is 7.05 Å². The number of rotatable bonds is 3. The molecule has 0 N–H and O–H groups in total. The Balaban J connectivity index is 1.91. The topological polar surface area (TPSA) is 87.3 Å². The third-order valence-corrected chi connectivity index (χ3v) is 3.22. The highest BCUT2D eigenvalue weighted by Crippen LogP contribution is 2.21. The van der Waals surface area contributed by atoms with Crippen LogP contribution in [0.1, 0.15) is 10.4 Å². The number of carbonyl (C=O) groups is 1. The van der Waals surface area contributed by atoms with E-state index in [4.69, 9.17) is 4.74 Å². The fourth-order valence-electron chi connectivity index (χ4n) is 2.10. The Kier molecular flexibility index (Phi) is 3.30. The van der Waals surface area contributed by atoms with Gasteiger partial charge in [-0.1, -0.05) is 18.2 Å². The van der Waals surface area contributed by atoms with Crippen LogP contribution in [0.2, 0.25) is 0 Å². The number of esters is 1. The zero-order valence-electron chi connectivity index (χ0n) is 11.6. The molecular formula is C15H11N3O4. The number of nitro benzene ring substituents is 1. The number of nitrogens with zero attached hydrogens (tertiary/aromatic N) is 3. The molecule has 22 heavy (non-hydrogen) atoms. The summed E-state index contributed by atoms with van der Waals surface area (Å²) >= 11 is 0. The summed E-state index contributed by atoms with van der Waals surface area (Å²) in [5.41, 5.74) is 1.46.